The van der Waals surface area contributed by atoms with E-state index in [-0.39, 0.29) is 0 Å². The third-order valence-electron chi connectivity index (χ3n) is 3.93. The van der Waals surface area contributed by atoms with Crippen molar-refractivity contribution < 1.29 is 8.78 Å². The standard InChI is InChI=1S/C8H15F.C6H11F/c1-6(2)7-4-8(3,9)5-7;1-4(2)5-3-6(5)7/h6-7H,4-5H2,1-3H3;4-6H,3H2,1-2H3. The summed E-state index contributed by atoms with van der Waals surface area (Å²) < 4.78 is 24.8. The maximum absolute atomic E-state index is 12.8. The van der Waals surface area contributed by atoms with E-state index >= 15 is 0 Å². The Bertz CT molecular complexity index is 213. The lowest BCUT2D eigenvalue weighted by molar-refractivity contribution is 0.00285. The number of alkyl halides is 2. The summed E-state index contributed by atoms with van der Waals surface area (Å²) in [7, 11) is 0. The van der Waals surface area contributed by atoms with E-state index < -0.39 is 11.8 Å². The molecule has 0 bridgehead atoms. The molecule has 2 rings (SSSR count). The first-order chi connectivity index (χ1) is 7.23. The summed E-state index contributed by atoms with van der Waals surface area (Å²) in [6, 6.07) is 0. The predicted octanol–water partition coefficient (Wildman–Crippen LogP) is 4.78. The highest BCUT2D eigenvalue weighted by molar-refractivity contribution is 4.91. The molecule has 0 aliphatic heterocycles. The molecule has 0 nitrogen and oxygen atoms in total. The van der Waals surface area contributed by atoms with Crippen molar-refractivity contribution in [3.8, 4) is 0 Å². The van der Waals surface area contributed by atoms with Crippen molar-refractivity contribution in [1.82, 2.24) is 0 Å². The number of halogens is 2. The van der Waals surface area contributed by atoms with Gasteiger partial charge >= 0.3 is 0 Å². The van der Waals surface area contributed by atoms with Gasteiger partial charge in [-0.05, 0) is 49.9 Å². The van der Waals surface area contributed by atoms with Crippen molar-refractivity contribution in [3.63, 3.8) is 0 Å². The minimum absolute atomic E-state index is 0.403. The highest BCUT2D eigenvalue weighted by atomic mass is 19.1. The van der Waals surface area contributed by atoms with E-state index in [1.165, 1.54) is 0 Å². The highest BCUT2D eigenvalue weighted by Gasteiger charge is 2.41. The fraction of sp³-hybridized carbons (Fsp3) is 1.00. The van der Waals surface area contributed by atoms with Crippen molar-refractivity contribution in [2.45, 2.75) is 65.7 Å². The number of hydrogen-bond acceptors (Lipinski definition) is 0. The highest BCUT2D eigenvalue weighted by Crippen LogP contribution is 2.44. The first-order valence-electron chi connectivity index (χ1n) is 6.56. The zero-order chi connectivity index (χ0) is 12.5. The van der Waals surface area contributed by atoms with E-state index in [1.54, 1.807) is 6.92 Å². The lowest BCUT2D eigenvalue weighted by Gasteiger charge is -2.41. The van der Waals surface area contributed by atoms with Crippen molar-refractivity contribution in [1.29, 1.82) is 0 Å². The molecule has 2 heteroatoms. The number of hydrogen-bond donors (Lipinski definition) is 0. The molecular weight excluding hydrogens is 206 g/mol. The molecule has 0 amide bonds. The molecule has 2 fully saturated rings. The second kappa shape index (κ2) is 5.01. The van der Waals surface area contributed by atoms with E-state index in [1.807, 2.05) is 0 Å². The van der Waals surface area contributed by atoms with Crippen LogP contribution in [0.15, 0.2) is 0 Å². The van der Waals surface area contributed by atoms with Crippen molar-refractivity contribution in [3.05, 3.63) is 0 Å². The van der Waals surface area contributed by atoms with Gasteiger partial charge in [-0.25, -0.2) is 8.78 Å². The quantitative estimate of drug-likeness (QED) is 0.642. The van der Waals surface area contributed by atoms with Crippen LogP contribution in [0.4, 0.5) is 8.78 Å². The molecule has 2 atom stereocenters. The molecule has 0 radical (unpaired) electrons. The van der Waals surface area contributed by atoms with E-state index in [4.69, 9.17) is 0 Å². The van der Waals surface area contributed by atoms with Crippen LogP contribution in [0, 0.1) is 23.7 Å². The van der Waals surface area contributed by atoms with Crippen LogP contribution in [0.5, 0.6) is 0 Å². The average molecular weight is 232 g/mol. The maximum Gasteiger partial charge on any atom is 0.108 e. The monoisotopic (exact) mass is 232 g/mol. The van der Waals surface area contributed by atoms with Gasteiger partial charge in [0.25, 0.3) is 0 Å². The largest absolute Gasteiger partial charge is 0.247 e. The molecule has 2 aliphatic rings. The van der Waals surface area contributed by atoms with Gasteiger partial charge in [0.1, 0.15) is 11.8 Å². The number of rotatable bonds is 2. The van der Waals surface area contributed by atoms with Gasteiger partial charge in [-0.1, -0.05) is 27.7 Å². The van der Waals surface area contributed by atoms with E-state index in [9.17, 15) is 8.78 Å². The van der Waals surface area contributed by atoms with Crippen LogP contribution in [0.2, 0.25) is 0 Å². The summed E-state index contributed by atoms with van der Waals surface area (Å²) >= 11 is 0. The van der Waals surface area contributed by atoms with Gasteiger partial charge in [-0.15, -0.1) is 0 Å². The van der Waals surface area contributed by atoms with E-state index in [2.05, 4.69) is 27.7 Å². The second-order valence-electron chi connectivity index (χ2n) is 6.49. The van der Waals surface area contributed by atoms with Gasteiger partial charge in [0, 0.05) is 0 Å². The normalized spacial score (nSPS) is 41.4. The SMILES string of the molecule is CC(C)C1CC(C)(F)C1.CC(C)C1CC1F. The summed E-state index contributed by atoms with van der Waals surface area (Å²) in [5.74, 6) is 2.30. The van der Waals surface area contributed by atoms with Crippen LogP contribution in [-0.4, -0.2) is 11.8 Å². The van der Waals surface area contributed by atoms with Gasteiger partial charge in [-0.2, -0.15) is 0 Å². The molecule has 16 heavy (non-hydrogen) atoms. The van der Waals surface area contributed by atoms with Gasteiger partial charge in [0.2, 0.25) is 0 Å². The maximum atomic E-state index is 12.8. The molecule has 0 aromatic rings. The van der Waals surface area contributed by atoms with Gasteiger partial charge in [0.05, 0.1) is 0 Å². The molecule has 0 spiro atoms. The third-order valence-corrected chi connectivity index (χ3v) is 3.93. The fourth-order valence-electron chi connectivity index (χ4n) is 2.38. The van der Waals surface area contributed by atoms with Crippen LogP contribution in [0.1, 0.15) is 53.9 Å². The minimum Gasteiger partial charge on any atom is -0.247 e. The van der Waals surface area contributed by atoms with Crippen LogP contribution in [-0.2, 0) is 0 Å². The molecule has 0 N–H and O–H groups in total. The first kappa shape index (κ1) is 13.9. The van der Waals surface area contributed by atoms with E-state index in [0.29, 0.717) is 23.7 Å². The van der Waals surface area contributed by atoms with Crippen LogP contribution in [0.3, 0.4) is 0 Å². The van der Waals surface area contributed by atoms with Gasteiger partial charge in [0.15, 0.2) is 0 Å². The molecule has 96 valence electrons. The zero-order valence-corrected chi connectivity index (χ0v) is 11.3. The molecule has 2 saturated carbocycles. The molecule has 0 aromatic heterocycles. The molecule has 2 unspecified atom stereocenters. The Balaban J connectivity index is 0.000000165. The lowest BCUT2D eigenvalue weighted by Crippen LogP contribution is -2.39. The van der Waals surface area contributed by atoms with E-state index in [0.717, 1.165) is 19.3 Å². The molecule has 0 saturated heterocycles. The summed E-state index contributed by atoms with van der Waals surface area (Å²) in [5.41, 5.74) is -0.824. The summed E-state index contributed by atoms with van der Waals surface area (Å²) in [5, 5.41) is 0. The molecule has 2 aliphatic carbocycles. The molecular formula is C14H26F2. The Kier molecular flexibility index (Phi) is 4.36. The van der Waals surface area contributed by atoms with Gasteiger partial charge in [-0.3, -0.25) is 0 Å². The van der Waals surface area contributed by atoms with Crippen molar-refractivity contribution in [2.75, 3.05) is 0 Å². The summed E-state index contributed by atoms with van der Waals surface area (Å²) in [6.07, 6.45) is 1.92. The average Bonchev–Trinajstić information content (AvgIpc) is 2.79. The minimum atomic E-state index is -0.824. The Morgan fingerprint density at radius 3 is 1.56 bits per heavy atom. The zero-order valence-electron chi connectivity index (χ0n) is 11.3. The summed E-state index contributed by atoms with van der Waals surface area (Å²) in [6.45, 7) is 10.2. The smallest absolute Gasteiger partial charge is 0.108 e. The Labute approximate surface area is 98.8 Å². The van der Waals surface area contributed by atoms with Crippen molar-refractivity contribution >= 4 is 0 Å². The van der Waals surface area contributed by atoms with Crippen molar-refractivity contribution in [2.24, 2.45) is 23.7 Å². The third kappa shape index (κ3) is 4.03. The second-order valence-corrected chi connectivity index (χ2v) is 6.49. The predicted molar refractivity (Wildman–Crippen MR) is 64.9 cm³/mol. The van der Waals surface area contributed by atoms with Crippen LogP contribution >= 0.6 is 0 Å². The Morgan fingerprint density at radius 1 is 1.06 bits per heavy atom. The lowest BCUT2D eigenvalue weighted by atomic mass is 9.68. The topological polar surface area (TPSA) is 0 Å². The molecule has 0 heterocycles. The Morgan fingerprint density at radius 2 is 1.50 bits per heavy atom. The Hall–Kier alpha value is -0.140. The summed E-state index contributed by atoms with van der Waals surface area (Å²) in [4.78, 5) is 0. The first-order valence-corrected chi connectivity index (χ1v) is 6.56. The van der Waals surface area contributed by atoms with Crippen LogP contribution in [0.25, 0.3) is 0 Å². The molecule has 0 aromatic carbocycles. The van der Waals surface area contributed by atoms with Gasteiger partial charge < -0.3 is 0 Å². The fourth-order valence-corrected chi connectivity index (χ4v) is 2.38. The van der Waals surface area contributed by atoms with Crippen LogP contribution < -0.4 is 0 Å².